The third kappa shape index (κ3) is 4.04. The fraction of sp³-hybridized carbons (Fsp3) is 0.471. The van der Waals surface area contributed by atoms with E-state index in [4.69, 9.17) is 4.74 Å². The summed E-state index contributed by atoms with van der Waals surface area (Å²) in [5.74, 6) is -0.932. The molecule has 28 heavy (non-hydrogen) atoms. The first-order valence-corrected chi connectivity index (χ1v) is 9.54. The smallest absolute Gasteiger partial charge is 0.328 e. The predicted octanol–water partition coefficient (Wildman–Crippen LogP) is 0.435. The summed E-state index contributed by atoms with van der Waals surface area (Å²) in [6.07, 6.45) is 2.48. The Balaban J connectivity index is 1.83. The van der Waals surface area contributed by atoms with Crippen LogP contribution in [0.1, 0.15) is 38.6 Å². The van der Waals surface area contributed by atoms with E-state index in [2.05, 4.69) is 15.3 Å². The lowest BCUT2D eigenvalue weighted by molar-refractivity contribution is 0.0831. The van der Waals surface area contributed by atoms with Crippen molar-refractivity contribution < 1.29 is 14.3 Å². The lowest BCUT2D eigenvalue weighted by Crippen LogP contribution is -2.41. The van der Waals surface area contributed by atoms with Crippen LogP contribution in [0.5, 0.6) is 0 Å². The van der Waals surface area contributed by atoms with Crippen molar-refractivity contribution in [3.63, 3.8) is 0 Å². The van der Waals surface area contributed by atoms with Crippen LogP contribution < -0.4 is 16.6 Å². The van der Waals surface area contributed by atoms with Crippen LogP contribution in [0.2, 0.25) is 0 Å². The Morgan fingerprint density at radius 1 is 1.43 bits per heavy atom. The Bertz CT molecular complexity index is 1020. The lowest BCUT2D eigenvalue weighted by Gasteiger charge is -2.11. The van der Waals surface area contributed by atoms with Gasteiger partial charge in [0.2, 0.25) is 0 Å². The Labute approximate surface area is 164 Å². The van der Waals surface area contributed by atoms with Crippen molar-refractivity contribution in [1.82, 2.24) is 19.4 Å². The number of thiazole rings is 1. The standard InChI is InChI=1S/C17H21N5O5S/c1-9-12(15(25)21(2)3)28-16(19-9)20-13(23)11-7-18-17(26)22(14(11)24)8-10-5-4-6-27-10/h7,10H,4-6,8H2,1-3H3,(H,18,26)(H,19,20,23). The van der Waals surface area contributed by atoms with E-state index >= 15 is 0 Å². The number of nitrogens with zero attached hydrogens (tertiary/aromatic N) is 3. The lowest BCUT2D eigenvalue weighted by atomic mass is 10.2. The highest BCUT2D eigenvalue weighted by Gasteiger charge is 2.22. The summed E-state index contributed by atoms with van der Waals surface area (Å²) in [7, 11) is 3.24. The van der Waals surface area contributed by atoms with Gasteiger partial charge in [-0.1, -0.05) is 11.3 Å². The SMILES string of the molecule is Cc1nc(NC(=O)c2c[nH]c(=O)n(CC3CCCO3)c2=O)sc1C(=O)N(C)C. The number of anilines is 1. The maximum absolute atomic E-state index is 12.6. The molecule has 3 rings (SSSR count). The normalized spacial score (nSPS) is 16.2. The van der Waals surface area contributed by atoms with E-state index in [0.717, 1.165) is 34.9 Å². The quantitative estimate of drug-likeness (QED) is 0.740. The summed E-state index contributed by atoms with van der Waals surface area (Å²) in [6, 6.07) is 0. The zero-order valence-electron chi connectivity index (χ0n) is 15.8. The molecule has 0 radical (unpaired) electrons. The predicted molar refractivity (Wildman–Crippen MR) is 103 cm³/mol. The highest BCUT2D eigenvalue weighted by atomic mass is 32.1. The van der Waals surface area contributed by atoms with E-state index in [-0.39, 0.29) is 29.3 Å². The molecule has 2 aromatic heterocycles. The molecule has 150 valence electrons. The number of aromatic amines is 1. The van der Waals surface area contributed by atoms with Gasteiger partial charge in [-0.3, -0.25) is 24.3 Å². The summed E-state index contributed by atoms with van der Waals surface area (Å²) in [4.78, 5) is 57.7. The molecule has 1 unspecified atom stereocenters. The monoisotopic (exact) mass is 407 g/mol. The molecule has 0 aliphatic carbocycles. The van der Waals surface area contributed by atoms with Gasteiger partial charge in [0, 0.05) is 26.9 Å². The van der Waals surface area contributed by atoms with Crippen LogP contribution in [0, 0.1) is 6.92 Å². The maximum Gasteiger partial charge on any atom is 0.328 e. The molecular weight excluding hydrogens is 386 g/mol. The molecule has 1 aliphatic rings. The first kappa shape index (κ1) is 20.0. The van der Waals surface area contributed by atoms with Crippen LogP contribution in [-0.4, -0.2) is 58.1 Å². The van der Waals surface area contributed by atoms with Gasteiger partial charge in [-0.2, -0.15) is 0 Å². The van der Waals surface area contributed by atoms with Gasteiger partial charge in [0.1, 0.15) is 10.4 Å². The first-order chi connectivity index (χ1) is 13.3. The van der Waals surface area contributed by atoms with E-state index < -0.39 is 17.2 Å². The number of carbonyl (C=O) groups excluding carboxylic acids is 2. The van der Waals surface area contributed by atoms with E-state index in [9.17, 15) is 19.2 Å². The minimum atomic E-state index is -0.708. The van der Waals surface area contributed by atoms with Gasteiger partial charge in [0.25, 0.3) is 17.4 Å². The topological polar surface area (TPSA) is 126 Å². The second kappa shape index (κ2) is 8.07. The third-order valence-corrected chi connectivity index (χ3v) is 5.39. The Kier molecular flexibility index (Phi) is 5.75. The second-order valence-electron chi connectivity index (χ2n) is 6.65. The van der Waals surface area contributed by atoms with Gasteiger partial charge in [-0.05, 0) is 19.8 Å². The van der Waals surface area contributed by atoms with Crippen LogP contribution >= 0.6 is 11.3 Å². The van der Waals surface area contributed by atoms with E-state index in [1.807, 2.05) is 0 Å². The summed E-state index contributed by atoms with van der Waals surface area (Å²) in [6.45, 7) is 2.35. The van der Waals surface area contributed by atoms with Gasteiger partial charge in [-0.15, -0.1) is 0 Å². The molecule has 1 aliphatic heterocycles. The highest BCUT2D eigenvalue weighted by Crippen LogP contribution is 2.23. The molecular formula is C17H21N5O5S. The number of hydrogen-bond acceptors (Lipinski definition) is 7. The first-order valence-electron chi connectivity index (χ1n) is 8.72. The number of nitrogens with one attached hydrogen (secondary N) is 2. The summed E-state index contributed by atoms with van der Waals surface area (Å²) in [5, 5.41) is 2.72. The minimum absolute atomic E-state index is 0.0904. The molecule has 1 saturated heterocycles. The molecule has 2 aromatic rings. The summed E-state index contributed by atoms with van der Waals surface area (Å²) < 4.78 is 6.43. The zero-order valence-corrected chi connectivity index (χ0v) is 16.6. The maximum atomic E-state index is 12.6. The second-order valence-corrected chi connectivity index (χ2v) is 7.64. The Morgan fingerprint density at radius 3 is 2.82 bits per heavy atom. The average molecular weight is 407 g/mol. The molecule has 0 bridgehead atoms. The van der Waals surface area contributed by atoms with Crippen molar-refractivity contribution >= 4 is 28.3 Å². The van der Waals surface area contributed by atoms with Gasteiger partial charge in [0.15, 0.2) is 5.13 Å². The van der Waals surface area contributed by atoms with Crippen molar-refractivity contribution in [2.24, 2.45) is 0 Å². The molecule has 2 amide bonds. The minimum Gasteiger partial charge on any atom is -0.376 e. The number of ether oxygens (including phenoxy) is 1. The Hall–Kier alpha value is -2.79. The largest absolute Gasteiger partial charge is 0.376 e. The molecule has 0 spiro atoms. The molecule has 1 fully saturated rings. The molecule has 1 atom stereocenters. The fourth-order valence-corrected chi connectivity index (χ4v) is 3.83. The molecule has 0 aromatic carbocycles. The van der Waals surface area contributed by atoms with Crippen LogP contribution in [0.25, 0.3) is 0 Å². The number of carbonyl (C=O) groups is 2. The van der Waals surface area contributed by atoms with Crippen molar-refractivity contribution in [3.05, 3.63) is 43.2 Å². The van der Waals surface area contributed by atoms with Crippen molar-refractivity contribution in [2.45, 2.75) is 32.4 Å². The van der Waals surface area contributed by atoms with Gasteiger partial charge < -0.3 is 14.6 Å². The van der Waals surface area contributed by atoms with Crippen molar-refractivity contribution in [3.8, 4) is 0 Å². The van der Waals surface area contributed by atoms with Crippen molar-refractivity contribution in [2.75, 3.05) is 26.0 Å². The number of aromatic nitrogens is 3. The number of amides is 2. The van der Waals surface area contributed by atoms with Gasteiger partial charge >= 0.3 is 5.69 Å². The summed E-state index contributed by atoms with van der Waals surface area (Å²) >= 11 is 1.02. The molecule has 2 N–H and O–H groups in total. The highest BCUT2D eigenvalue weighted by molar-refractivity contribution is 7.17. The van der Waals surface area contributed by atoms with Crippen LogP contribution in [0.4, 0.5) is 5.13 Å². The van der Waals surface area contributed by atoms with Gasteiger partial charge in [-0.25, -0.2) is 9.78 Å². The Morgan fingerprint density at radius 2 is 2.18 bits per heavy atom. The summed E-state index contributed by atoms with van der Waals surface area (Å²) in [5.41, 5.74) is -1.03. The van der Waals surface area contributed by atoms with Crippen LogP contribution in [0.3, 0.4) is 0 Å². The average Bonchev–Trinajstić information content (AvgIpc) is 3.27. The number of aryl methyl sites for hydroxylation is 1. The zero-order chi connectivity index (χ0) is 20.4. The number of rotatable bonds is 5. The van der Waals surface area contributed by atoms with E-state index in [0.29, 0.717) is 17.2 Å². The molecule has 0 saturated carbocycles. The molecule has 10 nitrogen and oxygen atoms in total. The van der Waals surface area contributed by atoms with Crippen LogP contribution in [0.15, 0.2) is 15.8 Å². The van der Waals surface area contributed by atoms with E-state index in [1.165, 1.54) is 4.90 Å². The number of H-pyrrole nitrogens is 1. The van der Waals surface area contributed by atoms with Crippen molar-refractivity contribution in [1.29, 1.82) is 0 Å². The molecule has 3 heterocycles. The number of hydrogen-bond donors (Lipinski definition) is 2. The van der Waals surface area contributed by atoms with Gasteiger partial charge in [0.05, 0.1) is 18.3 Å². The fourth-order valence-electron chi connectivity index (χ4n) is 2.85. The van der Waals surface area contributed by atoms with E-state index in [1.54, 1.807) is 21.0 Å². The molecule has 11 heteroatoms. The third-order valence-electron chi connectivity index (χ3n) is 4.33. The van der Waals surface area contributed by atoms with Crippen LogP contribution in [-0.2, 0) is 11.3 Å².